The summed E-state index contributed by atoms with van der Waals surface area (Å²) in [4.78, 5) is 12.3. The maximum atomic E-state index is 12.3. The van der Waals surface area contributed by atoms with E-state index in [2.05, 4.69) is 5.32 Å². The molecule has 0 saturated heterocycles. The van der Waals surface area contributed by atoms with Crippen LogP contribution in [0, 0.1) is 5.41 Å². The summed E-state index contributed by atoms with van der Waals surface area (Å²) < 4.78 is 5.29. The van der Waals surface area contributed by atoms with Crippen molar-refractivity contribution in [3.8, 4) is 5.75 Å². The molecule has 3 N–H and O–H groups in total. The van der Waals surface area contributed by atoms with Crippen LogP contribution in [-0.4, -0.2) is 19.6 Å². The van der Waals surface area contributed by atoms with Gasteiger partial charge in [0, 0.05) is 23.6 Å². The predicted molar refractivity (Wildman–Crippen MR) is 89.0 cm³/mol. The van der Waals surface area contributed by atoms with Gasteiger partial charge in [-0.15, -0.1) is 0 Å². The van der Waals surface area contributed by atoms with E-state index in [1.165, 1.54) is 19.3 Å². The van der Waals surface area contributed by atoms with Crippen molar-refractivity contribution in [3.05, 3.63) is 28.8 Å². The number of methoxy groups -OCH3 is 1. The molecule has 1 fully saturated rings. The minimum atomic E-state index is -0.0131. The number of hydrogen-bond acceptors (Lipinski definition) is 3. The van der Waals surface area contributed by atoms with Crippen LogP contribution in [-0.2, 0) is 11.3 Å². The highest BCUT2D eigenvalue weighted by molar-refractivity contribution is 6.30. The first-order chi connectivity index (χ1) is 10.6. The Balaban J connectivity index is 1.93. The van der Waals surface area contributed by atoms with Gasteiger partial charge in [-0.05, 0) is 43.0 Å². The Morgan fingerprint density at radius 1 is 1.36 bits per heavy atom. The number of nitrogens with two attached hydrogens (primary N) is 1. The molecule has 0 spiro atoms. The van der Waals surface area contributed by atoms with Gasteiger partial charge in [0.05, 0.1) is 7.11 Å². The molecule has 0 unspecified atom stereocenters. The average molecular weight is 325 g/mol. The zero-order chi connectivity index (χ0) is 16.0. The second kappa shape index (κ2) is 7.84. The zero-order valence-corrected chi connectivity index (χ0v) is 13.9. The third kappa shape index (κ3) is 4.37. The van der Waals surface area contributed by atoms with Crippen LogP contribution < -0.4 is 15.8 Å². The minimum Gasteiger partial charge on any atom is -0.496 e. The first-order valence-corrected chi connectivity index (χ1v) is 8.25. The van der Waals surface area contributed by atoms with E-state index in [0.29, 0.717) is 24.5 Å². The van der Waals surface area contributed by atoms with E-state index in [0.717, 1.165) is 24.2 Å². The summed E-state index contributed by atoms with van der Waals surface area (Å²) in [5.74, 6) is 0.783. The van der Waals surface area contributed by atoms with Crippen molar-refractivity contribution < 1.29 is 9.53 Å². The minimum absolute atomic E-state index is 0.0131. The Hall–Kier alpha value is -1.26. The Kier molecular flexibility index (Phi) is 6.09. The zero-order valence-electron chi connectivity index (χ0n) is 13.2. The fraction of sp³-hybridized carbons (Fsp3) is 0.588. The van der Waals surface area contributed by atoms with Gasteiger partial charge >= 0.3 is 0 Å². The Morgan fingerprint density at radius 2 is 2.09 bits per heavy atom. The number of halogens is 1. The van der Waals surface area contributed by atoms with Gasteiger partial charge in [-0.25, -0.2) is 0 Å². The SMILES string of the molecule is COc1ccc(Cl)cc1CNC(=O)CC1(CN)CCCCC1. The lowest BCUT2D eigenvalue weighted by Crippen LogP contribution is -2.38. The highest BCUT2D eigenvalue weighted by Gasteiger charge is 2.32. The molecule has 1 amide bonds. The Morgan fingerprint density at radius 3 is 2.73 bits per heavy atom. The third-order valence-corrected chi connectivity index (χ3v) is 4.84. The topological polar surface area (TPSA) is 64.3 Å². The number of hydrogen-bond donors (Lipinski definition) is 2. The van der Waals surface area contributed by atoms with Crippen molar-refractivity contribution in [2.75, 3.05) is 13.7 Å². The van der Waals surface area contributed by atoms with Crippen molar-refractivity contribution >= 4 is 17.5 Å². The maximum absolute atomic E-state index is 12.3. The maximum Gasteiger partial charge on any atom is 0.220 e. The van der Waals surface area contributed by atoms with Crippen LogP contribution in [0.5, 0.6) is 5.75 Å². The first-order valence-electron chi connectivity index (χ1n) is 7.88. The van der Waals surface area contributed by atoms with E-state index < -0.39 is 0 Å². The molecule has 22 heavy (non-hydrogen) atoms. The molecule has 1 aliphatic carbocycles. The summed E-state index contributed by atoms with van der Waals surface area (Å²) in [6, 6.07) is 5.41. The van der Waals surface area contributed by atoms with Crippen LogP contribution in [0.2, 0.25) is 5.02 Å². The lowest BCUT2D eigenvalue weighted by Gasteiger charge is -2.35. The number of carbonyl (C=O) groups is 1. The van der Waals surface area contributed by atoms with E-state index in [-0.39, 0.29) is 11.3 Å². The number of benzene rings is 1. The summed E-state index contributed by atoms with van der Waals surface area (Å²) in [6.07, 6.45) is 6.21. The second-order valence-electron chi connectivity index (χ2n) is 6.17. The first kappa shape index (κ1) is 17.1. The van der Waals surface area contributed by atoms with Gasteiger partial charge in [0.1, 0.15) is 5.75 Å². The second-order valence-corrected chi connectivity index (χ2v) is 6.61. The Bertz CT molecular complexity index is 513. The summed E-state index contributed by atoms with van der Waals surface area (Å²) in [7, 11) is 1.61. The van der Waals surface area contributed by atoms with Gasteiger partial charge in [-0.3, -0.25) is 4.79 Å². The molecule has 4 nitrogen and oxygen atoms in total. The molecule has 2 rings (SSSR count). The normalized spacial score (nSPS) is 17.0. The molecular weight excluding hydrogens is 300 g/mol. The van der Waals surface area contributed by atoms with E-state index in [4.69, 9.17) is 22.1 Å². The van der Waals surface area contributed by atoms with E-state index in [1.54, 1.807) is 13.2 Å². The van der Waals surface area contributed by atoms with Crippen LogP contribution in [0.3, 0.4) is 0 Å². The molecule has 0 bridgehead atoms. The highest BCUT2D eigenvalue weighted by Crippen LogP contribution is 2.38. The van der Waals surface area contributed by atoms with Gasteiger partial charge in [-0.2, -0.15) is 0 Å². The fourth-order valence-electron chi connectivity index (χ4n) is 3.24. The molecule has 1 aromatic carbocycles. The molecule has 0 radical (unpaired) electrons. The van der Waals surface area contributed by atoms with Crippen molar-refractivity contribution in [1.29, 1.82) is 0 Å². The predicted octanol–water partition coefficient (Wildman–Crippen LogP) is 3.26. The summed E-state index contributed by atoms with van der Waals surface area (Å²) >= 11 is 6.00. The molecule has 1 saturated carbocycles. The van der Waals surface area contributed by atoms with Crippen molar-refractivity contribution in [3.63, 3.8) is 0 Å². The molecular formula is C17H25ClN2O2. The van der Waals surface area contributed by atoms with Crippen molar-refractivity contribution in [2.45, 2.75) is 45.1 Å². The molecule has 0 heterocycles. The lowest BCUT2D eigenvalue weighted by molar-refractivity contribution is -0.124. The van der Waals surface area contributed by atoms with Gasteiger partial charge < -0.3 is 15.8 Å². The number of amides is 1. The third-order valence-electron chi connectivity index (χ3n) is 4.60. The van der Waals surface area contributed by atoms with Crippen molar-refractivity contribution in [2.24, 2.45) is 11.1 Å². The van der Waals surface area contributed by atoms with E-state index >= 15 is 0 Å². The largest absolute Gasteiger partial charge is 0.496 e. The van der Waals surface area contributed by atoms with Crippen molar-refractivity contribution in [1.82, 2.24) is 5.32 Å². The molecule has 1 aromatic rings. The summed E-state index contributed by atoms with van der Waals surface area (Å²) in [5.41, 5.74) is 6.81. The monoisotopic (exact) mass is 324 g/mol. The van der Waals surface area contributed by atoms with E-state index in [9.17, 15) is 4.79 Å². The quantitative estimate of drug-likeness (QED) is 0.844. The molecule has 5 heteroatoms. The Labute approximate surface area is 137 Å². The summed E-state index contributed by atoms with van der Waals surface area (Å²) in [5, 5.41) is 3.61. The smallest absolute Gasteiger partial charge is 0.220 e. The van der Waals surface area contributed by atoms with Gasteiger partial charge in [0.25, 0.3) is 0 Å². The molecule has 0 aromatic heterocycles. The standard InChI is InChI=1S/C17H25ClN2O2/c1-22-15-6-5-14(18)9-13(15)11-20-16(21)10-17(12-19)7-3-2-4-8-17/h5-6,9H,2-4,7-8,10-12,19H2,1H3,(H,20,21). The van der Waals surface area contributed by atoms with Gasteiger partial charge in [0.2, 0.25) is 5.91 Å². The van der Waals surface area contributed by atoms with Crippen LogP contribution >= 0.6 is 11.6 Å². The lowest BCUT2D eigenvalue weighted by atomic mass is 9.71. The average Bonchev–Trinajstić information content (AvgIpc) is 2.54. The van der Waals surface area contributed by atoms with Crippen LogP contribution in [0.15, 0.2) is 18.2 Å². The molecule has 1 aliphatic rings. The van der Waals surface area contributed by atoms with Gasteiger partial charge in [-0.1, -0.05) is 30.9 Å². The van der Waals surface area contributed by atoms with Crippen LogP contribution in [0.4, 0.5) is 0 Å². The fourth-order valence-corrected chi connectivity index (χ4v) is 3.43. The van der Waals surface area contributed by atoms with Crippen LogP contribution in [0.25, 0.3) is 0 Å². The van der Waals surface area contributed by atoms with Gasteiger partial charge in [0.15, 0.2) is 0 Å². The number of carbonyl (C=O) groups excluding carboxylic acids is 1. The number of rotatable bonds is 6. The molecule has 0 aliphatic heterocycles. The van der Waals surface area contributed by atoms with E-state index in [1.807, 2.05) is 12.1 Å². The molecule has 0 atom stereocenters. The highest BCUT2D eigenvalue weighted by atomic mass is 35.5. The molecule has 122 valence electrons. The summed E-state index contributed by atoms with van der Waals surface area (Å²) in [6.45, 7) is 1.00. The van der Waals surface area contributed by atoms with Crippen LogP contribution in [0.1, 0.15) is 44.1 Å². The number of ether oxygens (including phenoxy) is 1. The number of nitrogens with one attached hydrogen (secondary N) is 1.